The Morgan fingerprint density at radius 2 is 2.38 bits per heavy atom. The fourth-order valence-electron chi connectivity index (χ4n) is 1.87. The van der Waals surface area contributed by atoms with Crippen molar-refractivity contribution < 1.29 is 4.74 Å². The van der Waals surface area contributed by atoms with Crippen molar-refractivity contribution in [3.05, 3.63) is 29.6 Å². The van der Waals surface area contributed by atoms with Gasteiger partial charge in [0.05, 0.1) is 6.61 Å². The van der Waals surface area contributed by atoms with Crippen LogP contribution in [0.4, 0.5) is 0 Å². The van der Waals surface area contributed by atoms with Crippen molar-refractivity contribution in [2.45, 2.75) is 32.3 Å². The number of nitriles is 1. The van der Waals surface area contributed by atoms with Gasteiger partial charge in [-0.05, 0) is 18.4 Å². The molecule has 0 saturated heterocycles. The lowest BCUT2D eigenvalue weighted by Crippen LogP contribution is -2.13. The molecule has 0 unspecified atom stereocenters. The average molecular weight is 216 g/mol. The third kappa shape index (κ3) is 2.80. The van der Waals surface area contributed by atoms with Crippen molar-refractivity contribution >= 4 is 0 Å². The highest BCUT2D eigenvalue weighted by molar-refractivity contribution is 5.29. The predicted octanol–water partition coefficient (Wildman–Crippen LogP) is 2.66. The van der Waals surface area contributed by atoms with Crippen LogP contribution in [0.3, 0.4) is 0 Å². The summed E-state index contributed by atoms with van der Waals surface area (Å²) in [5.74, 6) is 0.879. The van der Waals surface area contributed by atoms with E-state index in [0.717, 1.165) is 24.5 Å². The Labute approximate surface area is 96.1 Å². The second-order valence-corrected chi connectivity index (χ2v) is 4.26. The molecule has 1 saturated carbocycles. The lowest BCUT2D eigenvalue weighted by atomic mass is 9.83. The van der Waals surface area contributed by atoms with E-state index in [1.165, 1.54) is 19.3 Å². The molecule has 0 N–H and O–H groups in total. The summed E-state index contributed by atoms with van der Waals surface area (Å²) >= 11 is 0. The molecule has 84 valence electrons. The highest BCUT2D eigenvalue weighted by Gasteiger charge is 2.16. The van der Waals surface area contributed by atoms with Gasteiger partial charge in [0.1, 0.15) is 11.8 Å². The van der Waals surface area contributed by atoms with Gasteiger partial charge in [0, 0.05) is 18.4 Å². The molecule has 1 aromatic rings. The standard InChI is InChI=1S/C13H16N2O/c14-9-13-12(5-2-7-15-13)10-16-8-6-11-3-1-4-11/h2,5,7,11H,1,3-4,6,8,10H2. The van der Waals surface area contributed by atoms with Crippen LogP contribution in [0.15, 0.2) is 18.3 Å². The van der Waals surface area contributed by atoms with E-state index in [4.69, 9.17) is 10.00 Å². The van der Waals surface area contributed by atoms with Gasteiger partial charge in [-0.25, -0.2) is 4.98 Å². The molecule has 0 amide bonds. The molecule has 0 aliphatic heterocycles. The highest BCUT2D eigenvalue weighted by Crippen LogP contribution is 2.29. The van der Waals surface area contributed by atoms with Crippen molar-refractivity contribution in [1.82, 2.24) is 4.98 Å². The fourth-order valence-corrected chi connectivity index (χ4v) is 1.87. The monoisotopic (exact) mass is 216 g/mol. The van der Waals surface area contributed by atoms with Gasteiger partial charge in [-0.15, -0.1) is 0 Å². The molecule has 0 atom stereocenters. The van der Waals surface area contributed by atoms with E-state index >= 15 is 0 Å². The molecule has 1 aliphatic rings. The van der Waals surface area contributed by atoms with E-state index < -0.39 is 0 Å². The van der Waals surface area contributed by atoms with E-state index in [0.29, 0.717) is 12.3 Å². The molecule has 2 rings (SSSR count). The average Bonchev–Trinajstić information content (AvgIpc) is 2.27. The zero-order valence-electron chi connectivity index (χ0n) is 9.35. The third-order valence-corrected chi connectivity index (χ3v) is 3.15. The van der Waals surface area contributed by atoms with Gasteiger partial charge in [-0.3, -0.25) is 0 Å². The largest absolute Gasteiger partial charge is 0.377 e. The topological polar surface area (TPSA) is 45.9 Å². The second-order valence-electron chi connectivity index (χ2n) is 4.26. The molecule has 3 heteroatoms. The highest BCUT2D eigenvalue weighted by atomic mass is 16.5. The second kappa shape index (κ2) is 5.62. The Bertz CT molecular complexity index is 380. The number of aromatic nitrogens is 1. The van der Waals surface area contributed by atoms with Gasteiger partial charge >= 0.3 is 0 Å². The maximum Gasteiger partial charge on any atom is 0.145 e. The van der Waals surface area contributed by atoms with Crippen molar-refractivity contribution in [3.63, 3.8) is 0 Å². The molecule has 3 nitrogen and oxygen atoms in total. The molecule has 1 fully saturated rings. The van der Waals surface area contributed by atoms with Crippen molar-refractivity contribution in [1.29, 1.82) is 5.26 Å². The van der Waals surface area contributed by atoms with E-state index in [1.54, 1.807) is 6.20 Å². The number of ether oxygens (including phenoxy) is 1. The van der Waals surface area contributed by atoms with Crippen LogP contribution in [-0.2, 0) is 11.3 Å². The molecule has 1 heterocycles. The quantitative estimate of drug-likeness (QED) is 0.711. The number of nitrogens with zero attached hydrogens (tertiary/aromatic N) is 2. The first-order valence-electron chi connectivity index (χ1n) is 5.82. The van der Waals surface area contributed by atoms with Crippen LogP contribution in [0.2, 0.25) is 0 Å². The lowest BCUT2D eigenvalue weighted by molar-refractivity contribution is 0.0947. The summed E-state index contributed by atoms with van der Waals surface area (Å²) in [4.78, 5) is 4.00. The summed E-state index contributed by atoms with van der Waals surface area (Å²) in [6.45, 7) is 1.30. The SMILES string of the molecule is N#Cc1ncccc1COCCC1CCC1. The van der Waals surface area contributed by atoms with Crippen molar-refractivity contribution in [3.8, 4) is 6.07 Å². The minimum atomic E-state index is 0.478. The Morgan fingerprint density at radius 3 is 3.06 bits per heavy atom. The number of rotatable bonds is 5. The van der Waals surface area contributed by atoms with Crippen molar-refractivity contribution in [2.75, 3.05) is 6.61 Å². The number of pyridine rings is 1. The summed E-state index contributed by atoms with van der Waals surface area (Å²) in [7, 11) is 0. The summed E-state index contributed by atoms with van der Waals surface area (Å²) in [5.41, 5.74) is 1.37. The van der Waals surface area contributed by atoms with Gasteiger partial charge in [0.15, 0.2) is 0 Å². The predicted molar refractivity (Wildman–Crippen MR) is 60.6 cm³/mol. The fraction of sp³-hybridized carbons (Fsp3) is 0.538. The van der Waals surface area contributed by atoms with E-state index in [2.05, 4.69) is 11.1 Å². The maximum absolute atomic E-state index is 8.84. The zero-order valence-corrected chi connectivity index (χ0v) is 9.35. The van der Waals surface area contributed by atoms with Gasteiger partial charge in [0.25, 0.3) is 0 Å². The number of hydrogen-bond donors (Lipinski definition) is 0. The Balaban J connectivity index is 1.74. The third-order valence-electron chi connectivity index (χ3n) is 3.15. The van der Waals surface area contributed by atoms with Crippen LogP contribution in [0.25, 0.3) is 0 Å². The first-order valence-corrected chi connectivity index (χ1v) is 5.82. The normalized spacial score (nSPS) is 15.4. The van der Waals surface area contributed by atoms with Gasteiger partial charge in [-0.1, -0.05) is 25.3 Å². The molecular formula is C13H16N2O. The van der Waals surface area contributed by atoms with E-state index in [1.807, 2.05) is 12.1 Å². The molecule has 0 aromatic carbocycles. The molecule has 1 aliphatic carbocycles. The molecular weight excluding hydrogens is 200 g/mol. The van der Waals surface area contributed by atoms with Gasteiger partial charge < -0.3 is 4.74 Å². The van der Waals surface area contributed by atoms with Crippen LogP contribution in [0, 0.1) is 17.2 Å². The Morgan fingerprint density at radius 1 is 1.50 bits per heavy atom. The first-order chi connectivity index (χ1) is 7.90. The van der Waals surface area contributed by atoms with E-state index in [-0.39, 0.29) is 0 Å². The maximum atomic E-state index is 8.84. The zero-order chi connectivity index (χ0) is 11.2. The smallest absolute Gasteiger partial charge is 0.145 e. The summed E-state index contributed by atoms with van der Waals surface area (Å²) in [6.07, 6.45) is 6.89. The summed E-state index contributed by atoms with van der Waals surface area (Å²) in [6, 6.07) is 5.81. The van der Waals surface area contributed by atoms with Crippen LogP contribution in [0.1, 0.15) is 36.9 Å². The first kappa shape index (κ1) is 11.1. The van der Waals surface area contributed by atoms with Crippen LogP contribution < -0.4 is 0 Å². The molecule has 1 aromatic heterocycles. The van der Waals surface area contributed by atoms with Crippen LogP contribution in [0.5, 0.6) is 0 Å². The summed E-state index contributed by atoms with van der Waals surface area (Å²) in [5, 5.41) is 8.84. The van der Waals surface area contributed by atoms with Crippen LogP contribution >= 0.6 is 0 Å². The molecule has 16 heavy (non-hydrogen) atoms. The Hall–Kier alpha value is -1.40. The lowest BCUT2D eigenvalue weighted by Gasteiger charge is -2.24. The van der Waals surface area contributed by atoms with Gasteiger partial charge in [0.2, 0.25) is 0 Å². The minimum Gasteiger partial charge on any atom is -0.377 e. The Kier molecular flexibility index (Phi) is 3.90. The number of hydrogen-bond acceptors (Lipinski definition) is 3. The van der Waals surface area contributed by atoms with E-state index in [9.17, 15) is 0 Å². The van der Waals surface area contributed by atoms with Crippen LogP contribution in [-0.4, -0.2) is 11.6 Å². The molecule has 0 radical (unpaired) electrons. The summed E-state index contributed by atoms with van der Waals surface area (Å²) < 4.78 is 5.58. The van der Waals surface area contributed by atoms with Crippen molar-refractivity contribution in [2.24, 2.45) is 5.92 Å². The molecule has 0 spiro atoms. The minimum absolute atomic E-state index is 0.478. The molecule has 0 bridgehead atoms. The van der Waals surface area contributed by atoms with Gasteiger partial charge in [-0.2, -0.15) is 5.26 Å².